The van der Waals surface area contributed by atoms with Crippen LogP contribution in [0.1, 0.15) is 24.2 Å². The van der Waals surface area contributed by atoms with E-state index in [-0.39, 0.29) is 35.1 Å². The van der Waals surface area contributed by atoms with Crippen LogP contribution in [-0.2, 0) is 9.59 Å². The van der Waals surface area contributed by atoms with Gasteiger partial charge in [-0.15, -0.1) is 11.8 Å². The Bertz CT molecular complexity index is 1140. The summed E-state index contributed by atoms with van der Waals surface area (Å²) < 4.78 is -0.218. The summed E-state index contributed by atoms with van der Waals surface area (Å²) in [6.45, 7) is 5.00. The summed E-state index contributed by atoms with van der Waals surface area (Å²) in [7, 11) is 0. The number of halogens is 1. The van der Waals surface area contributed by atoms with Crippen LogP contribution in [-0.4, -0.2) is 69.9 Å². The highest BCUT2D eigenvalue weighted by Crippen LogP contribution is 2.35. The molecule has 2 unspecified atom stereocenters. The normalized spacial score (nSPS) is 24.1. The molecule has 5 rings (SSSR count). The lowest BCUT2D eigenvalue weighted by Gasteiger charge is -2.41. The van der Waals surface area contributed by atoms with Gasteiger partial charge < -0.3 is 15.1 Å². The van der Waals surface area contributed by atoms with Crippen molar-refractivity contribution in [3.63, 3.8) is 0 Å². The van der Waals surface area contributed by atoms with Crippen LogP contribution < -0.4 is 10.6 Å². The summed E-state index contributed by atoms with van der Waals surface area (Å²) in [4.78, 5) is 43.1. The number of rotatable bonds is 2. The summed E-state index contributed by atoms with van der Waals surface area (Å²) in [5.41, 5.74) is 2.74. The molecule has 2 N–H and O–H groups in total. The van der Waals surface area contributed by atoms with Gasteiger partial charge in [0.15, 0.2) is 0 Å². The molecular formula is C24H25ClN4O3S. The van der Waals surface area contributed by atoms with Crippen molar-refractivity contribution in [1.29, 1.82) is 0 Å². The van der Waals surface area contributed by atoms with Gasteiger partial charge in [-0.3, -0.25) is 19.7 Å². The number of hydrogen-bond acceptors (Lipinski definition) is 5. The van der Waals surface area contributed by atoms with Gasteiger partial charge in [-0.25, -0.2) is 0 Å². The molecular weight excluding hydrogens is 460 g/mol. The lowest BCUT2D eigenvalue weighted by atomic mass is 10.00. The van der Waals surface area contributed by atoms with E-state index in [0.717, 1.165) is 17.0 Å². The van der Waals surface area contributed by atoms with Crippen LogP contribution in [0, 0.1) is 0 Å². The minimum Gasteiger partial charge on any atom is -0.337 e. The van der Waals surface area contributed by atoms with Crippen LogP contribution >= 0.6 is 23.4 Å². The minimum atomic E-state index is -0.723. The summed E-state index contributed by atoms with van der Waals surface area (Å²) in [6.07, 6.45) is 0. The fourth-order valence-electron chi connectivity index (χ4n) is 4.68. The number of fused-ring (bicyclic) bond motifs is 2. The Morgan fingerprint density at radius 3 is 2.52 bits per heavy atom. The number of carbonyl (C=O) groups is 3. The van der Waals surface area contributed by atoms with Gasteiger partial charge >= 0.3 is 0 Å². The highest BCUT2D eigenvalue weighted by molar-refractivity contribution is 8.00. The van der Waals surface area contributed by atoms with Crippen molar-refractivity contribution >= 4 is 46.8 Å². The molecule has 2 aromatic rings. The zero-order valence-electron chi connectivity index (χ0n) is 18.4. The number of nitrogens with zero attached hydrogens (tertiary/aromatic N) is 2. The smallest absolute Gasteiger partial charge is 0.256 e. The third-order valence-electron chi connectivity index (χ3n) is 6.61. The Labute approximate surface area is 201 Å². The van der Waals surface area contributed by atoms with E-state index < -0.39 is 6.04 Å². The maximum atomic E-state index is 13.5. The van der Waals surface area contributed by atoms with E-state index in [9.17, 15) is 14.4 Å². The number of hydrogen-bond donors (Lipinski definition) is 2. The molecule has 2 aromatic carbocycles. The van der Waals surface area contributed by atoms with Gasteiger partial charge in [-0.05, 0) is 49.2 Å². The molecule has 0 aliphatic carbocycles. The van der Waals surface area contributed by atoms with E-state index in [0.29, 0.717) is 29.4 Å². The fraction of sp³-hybridized carbons (Fsp3) is 0.375. The number of nitrogens with one attached hydrogen (secondary N) is 2. The maximum Gasteiger partial charge on any atom is 0.256 e. The molecule has 172 valence electrons. The first kappa shape index (κ1) is 22.3. The highest BCUT2D eigenvalue weighted by Gasteiger charge is 2.46. The molecule has 2 saturated heterocycles. The second kappa shape index (κ2) is 8.34. The Kier molecular flexibility index (Phi) is 5.63. The lowest BCUT2D eigenvalue weighted by molar-refractivity contribution is -0.138. The predicted molar refractivity (Wildman–Crippen MR) is 130 cm³/mol. The molecule has 0 bridgehead atoms. The molecule has 0 radical (unpaired) electrons. The Morgan fingerprint density at radius 2 is 1.82 bits per heavy atom. The van der Waals surface area contributed by atoms with Crippen molar-refractivity contribution in [2.24, 2.45) is 0 Å². The molecule has 3 heterocycles. The number of benzene rings is 2. The first-order valence-corrected chi connectivity index (χ1v) is 12.3. The summed E-state index contributed by atoms with van der Waals surface area (Å²) >= 11 is 7.71. The molecule has 2 fully saturated rings. The van der Waals surface area contributed by atoms with Crippen LogP contribution in [0.25, 0.3) is 11.1 Å². The van der Waals surface area contributed by atoms with Crippen LogP contribution in [0.5, 0.6) is 0 Å². The zero-order chi connectivity index (χ0) is 23.3. The number of thioether (sulfide) groups is 1. The van der Waals surface area contributed by atoms with Crippen molar-refractivity contribution in [1.82, 2.24) is 15.1 Å². The Morgan fingerprint density at radius 1 is 1.09 bits per heavy atom. The predicted octanol–water partition coefficient (Wildman–Crippen LogP) is 3.05. The molecule has 9 heteroatoms. The van der Waals surface area contributed by atoms with Crippen molar-refractivity contribution in [3.05, 3.63) is 53.1 Å². The van der Waals surface area contributed by atoms with Gasteiger partial charge in [0.1, 0.15) is 12.1 Å². The molecule has 0 spiro atoms. The van der Waals surface area contributed by atoms with Crippen molar-refractivity contribution in [2.75, 3.05) is 30.8 Å². The largest absolute Gasteiger partial charge is 0.337 e. The lowest BCUT2D eigenvalue weighted by Crippen LogP contribution is -2.62. The fourth-order valence-corrected chi connectivity index (χ4v) is 5.78. The maximum absolute atomic E-state index is 13.5. The molecule has 3 amide bonds. The molecule has 3 aliphatic heterocycles. The number of amides is 3. The molecule has 0 aromatic heterocycles. The van der Waals surface area contributed by atoms with Gasteiger partial charge in [0, 0.05) is 28.7 Å². The van der Waals surface area contributed by atoms with E-state index in [1.54, 1.807) is 39.8 Å². The molecule has 0 saturated carbocycles. The summed E-state index contributed by atoms with van der Waals surface area (Å²) in [5.74, 6) is 0.228. The number of piperazine rings is 1. The Balaban J connectivity index is 1.40. The van der Waals surface area contributed by atoms with Crippen LogP contribution in [0.2, 0.25) is 5.02 Å². The van der Waals surface area contributed by atoms with E-state index in [1.165, 1.54) is 0 Å². The summed E-state index contributed by atoms with van der Waals surface area (Å²) in [5, 5.41) is 6.82. The molecule has 7 nitrogen and oxygen atoms in total. The average Bonchev–Trinajstić information content (AvgIpc) is 3.12. The first-order valence-electron chi connectivity index (χ1n) is 10.9. The van der Waals surface area contributed by atoms with Gasteiger partial charge in [0.05, 0.1) is 17.8 Å². The van der Waals surface area contributed by atoms with Crippen molar-refractivity contribution in [3.8, 4) is 11.1 Å². The van der Waals surface area contributed by atoms with Crippen LogP contribution in [0.15, 0.2) is 42.5 Å². The minimum absolute atomic E-state index is 0.0170. The second-order valence-corrected chi connectivity index (χ2v) is 11.2. The molecule has 3 aliphatic rings. The van der Waals surface area contributed by atoms with Crippen LogP contribution in [0.4, 0.5) is 5.69 Å². The van der Waals surface area contributed by atoms with Gasteiger partial charge in [0.25, 0.3) is 5.91 Å². The summed E-state index contributed by atoms with van der Waals surface area (Å²) in [6, 6.07) is 11.8. The molecule has 2 atom stereocenters. The highest BCUT2D eigenvalue weighted by atomic mass is 35.5. The third kappa shape index (κ3) is 4.00. The van der Waals surface area contributed by atoms with E-state index in [4.69, 9.17) is 11.6 Å². The first-order chi connectivity index (χ1) is 15.7. The van der Waals surface area contributed by atoms with Crippen molar-refractivity contribution < 1.29 is 14.4 Å². The number of carbonyl (C=O) groups excluding carboxylic acids is 3. The monoisotopic (exact) mass is 484 g/mol. The number of anilines is 1. The van der Waals surface area contributed by atoms with Gasteiger partial charge in [-0.2, -0.15) is 0 Å². The topological polar surface area (TPSA) is 81.8 Å². The van der Waals surface area contributed by atoms with Gasteiger partial charge in [-0.1, -0.05) is 29.8 Å². The zero-order valence-corrected chi connectivity index (χ0v) is 20.0. The Hall–Kier alpha value is -2.55. The SMILES string of the molecule is CC1(C)SCNC1C(=O)N1CCN2C(=O)c3cc(-c4ccc(Cl)cc4)ccc3NC(=O)C2C1. The second-order valence-electron chi connectivity index (χ2n) is 9.08. The van der Waals surface area contributed by atoms with Gasteiger partial charge in [0.2, 0.25) is 11.8 Å². The van der Waals surface area contributed by atoms with Crippen LogP contribution in [0.3, 0.4) is 0 Å². The van der Waals surface area contributed by atoms with E-state index >= 15 is 0 Å². The van der Waals surface area contributed by atoms with E-state index in [2.05, 4.69) is 10.6 Å². The molecule has 33 heavy (non-hydrogen) atoms. The third-order valence-corrected chi connectivity index (χ3v) is 8.16. The quantitative estimate of drug-likeness (QED) is 0.684. The standard InChI is InChI=1S/C24H25ClN4O3S/c1-24(2)20(26-13-33-24)23(32)28-9-10-29-19(12-28)21(30)27-18-8-5-15(11-17(18)22(29)31)14-3-6-16(25)7-4-14/h3-8,11,19-20,26H,9-10,12-13H2,1-2H3,(H,27,30). The van der Waals surface area contributed by atoms with Crippen molar-refractivity contribution in [2.45, 2.75) is 30.7 Å². The van der Waals surface area contributed by atoms with E-state index in [1.807, 2.05) is 38.1 Å². The average molecular weight is 485 g/mol.